The molecule has 1 heterocycles. The molecule has 0 spiro atoms. The molecule has 1 aromatic rings. The van der Waals surface area contributed by atoms with Gasteiger partial charge in [-0.15, -0.1) is 0 Å². The predicted octanol–water partition coefficient (Wildman–Crippen LogP) is 1.64. The van der Waals surface area contributed by atoms with E-state index in [9.17, 15) is 0 Å². The van der Waals surface area contributed by atoms with Crippen LogP contribution in [-0.4, -0.2) is 33.0 Å². The number of hydrazine groups is 1. The fourth-order valence-electron chi connectivity index (χ4n) is 2.67. The second kappa shape index (κ2) is 7.59. The Hall–Kier alpha value is -1.14. The minimum atomic E-state index is 0.0405. The van der Waals surface area contributed by atoms with Crippen LogP contribution in [0.15, 0.2) is 24.3 Å². The Balaban J connectivity index is 2.12. The SMILES string of the molecule is COCCOc1ccccc1C(NN)C1COC(C)C1. The van der Waals surface area contributed by atoms with E-state index in [4.69, 9.17) is 20.1 Å². The molecule has 0 aliphatic carbocycles. The highest BCUT2D eigenvalue weighted by Gasteiger charge is 2.31. The summed E-state index contributed by atoms with van der Waals surface area (Å²) in [5, 5.41) is 0. The molecule has 0 radical (unpaired) electrons. The Labute approximate surface area is 120 Å². The zero-order valence-corrected chi connectivity index (χ0v) is 12.2. The fraction of sp³-hybridized carbons (Fsp3) is 0.600. The number of benzene rings is 1. The number of nitrogens with two attached hydrogens (primary N) is 1. The maximum Gasteiger partial charge on any atom is 0.124 e. The fourth-order valence-corrected chi connectivity index (χ4v) is 2.67. The van der Waals surface area contributed by atoms with Crippen molar-refractivity contribution in [2.45, 2.75) is 25.5 Å². The van der Waals surface area contributed by atoms with Crippen LogP contribution in [0.2, 0.25) is 0 Å². The van der Waals surface area contributed by atoms with Crippen LogP contribution in [0.25, 0.3) is 0 Å². The van der Waals surface area contributed by atoms with Crippen molar-refractivity contribution in [3.8, 4) is 5.75 Å². The average molecular weight is 280 g/mol. The van der Waals surface area contributed by atoms with E-state index in [2.05, 4.69) is 18.4 Å². The highest BCUT2D eigenvalue weighted by atomic mass is 16.5. The van der Waals surface area contributed by atoms with Gasteiger partial charge in [0.1, 0.15) is 12.4 Å². The topological polar surface area (TPSA) is 65.7 Å². The van der Waals surface area contributed by atoms with Gasteiger partial charge < -0.3 is 14.2 Å². The molecule has 3 N–H and O–H groups in total. The van der Waals surface area contributed by atoms with E-state index in [1.165, 1.54) is 0 Å². The summed E-state index contributed by atoms with van der Waals surface area (Å²) >= 11 is 0. The van der Waals surface area contributed by atoms with Crippen LogP contribution in [0.1, 0.15) is 24.9 Å². The maximum absolute atomic E-state index is 5.79. The quantitative estimate of drug-likeness (QED) is 0.451. The lowest BCUT2D eigenvalue weighted by Crippen LogP contribution is -2.34. The molecule has 20 heavy (non-hydrogen) atoms. The van der Waals surface area contributed by atoms with Crippen molar-refractivity contribution in [1.29, 1.82) is 0 Å². The summed E-state index contributed by atoms with van der Waals surface area (Å²) < 4.78 is 16.5. The van der Waals surface area contributed by atoms with Gasteiger partial charge in [-0.1, -0.05) is 18.2 Å². The van der Waals surface area contributed by atoms with Crippen molar-refractivity contribution in [2.75, 3.05) is 26.9 Å². The van der Waals surface area contributed by atoms with Crippen LogP contribution in [0.5, 0.6) is 5.75 Å². The Kier molecular flexibility index (Phi) is 5.79. The molecule has 1 aliphatic rings. The maximum atomic E-state index is 5.79. The van der Waals surface area contributed by atoms with E-state index in [1.54, 1.807) is 7.11 Å². The third kappa shape index (κ3) is 3.70. The molecular weight excluding hydrogens is 256 g/mol. The second-order valence-electron chi connectivity index (χ2n) is 5.16. The van der Waals surface area contributed by atoms with Crippen LogP contribution in [0, 0.1) is 5.92 Å². The first-order chi connectivity index (χ1) is 9.76. The first kappa shape index (κ1) is 15.3. The molecule has 1 fully saturated rings. The number of methoxy groups -OCH3 is 1. The van der Waals surface area contributed by atoms with Gasteiger partial charge in [-0.05, 0) is 19.4 Å². The predicted molar refractivity (Wildman–Crippen MR) is 77.4 cm³/mol. The van der Waals surface area contributed by atoms with Crippen LogP contribution in [-0.2, 0) is 9.47 Å². The van der Waals surface area contributed by atoms with E-state index >= 15 is 0 Å². The summed E-state index contributed by atoms with van der Waals surface area (Å²) in [5.41, 5.74) is 4.00. The molecule has 1 aromatic carbocycles. The van der Waals surface area contributed by atoms with Gasteiger partial charge >= 0.3 is 0 Å². The Morgan fingerprint density at radius 3 is 2.85 bits per heavy atom. The molecule has 0 bridgehead atoms. The van der Waals surface area contributed by atoms with Crippen molar-refractivity contribution in [2.24, 2.45) is 11.8 Å². The highest BCUT2D eigenvalue weighted by Crippen LogP contribution is 2.35. The summed E-state index contributed by atoms with van der Waals surface area (Å²) in [6.07, 6.45) is 1.29. The summed E-state index contributed by atoms with van der Waals surface area (Å²) in [6.45, 7) is 3.91. The molecule has 3 unspecified atom stereocenters. The van der Waals surface area contributed by atoms with Crippen molar-refractivity contribution >= 4 is 0 Å². The molecule has 0 amide bonds. The van der Waals surface area contributed by atoms with Crippen LogP contribution in [0.3, 0.4) is 0 Å². The van der Waals surface area contributed by atoms with Crippen LogP contribution >= 0.6 is 0 Å². The number of hydrogen-bond donors (Lipinski definition) is 2. The number of hydrogen-bond acceptors (Lipinski definition) is 5. The van der Waals surface area contributed by atoms with Crippen molar-refractivity contribution in [3.05, 3.63) is 29.8 Å². The molecule has 1 saturated heterocycles. The first-order valence-electron chi connectivity index (χ1n) is 7.04. The van der Waals surface area contributed by atoms with Gasteiger partial charge in [0.15, 0.2) is 0 Å². The molecule has 5 heteroatoms. The Morgan fingerprint density at radius 1 is 1.40 bits per heavy atom. The molecule has 2 rings (SSSR count). The number of ether oxygens (including phenoxy) is 3. The third-order valence-corrected chi connectivity index (χ3v) is 3.68. The van der Waals surface area contributed by atoms with E-state index in [0.717, 1.165) is 24.3 Å². The van der Waals surface area contributed by atoms with E-state index in [1.807, 2.05) is 18.2 Å². The zero-order valence-electron chi connectivity index (χ0n) is 12.2. The molecular formula is C15H24N2O3. The summed E-state index contributed by atoms with van der Waals surface area (Å²) in [5.74, 6) is 6.98. The van der Waals surface area contributed by atoms with Gasteiger partial charge in [0.2, 0.25) is 0 Å². The minimum Gasteiger partial charge on any atom is -0.491 e. The van der Waals surface area contributed by atoms with Gasteiger partial charge in [0.05, 0.1) is 25.4 Å². The number of nitrogens with one attached hydrogen (secondary N) is 1. The second-order valence-corrected chi connectivity index (χ2v) is 5.16. The van der Waals surface area contributed by atoms with Gasteiger partial charge in [-0.2, -0.15) is 0 Å². The molecule has 0 aromatic heterocycles. The highest BCUT2D eigenvalue weighted by molar-refractivity contribution is 5.36. The van der Waals surface area contributed by atoms with Crippen molar-refractivity contribution < 1.29 is 14.2 Å². The van der Waals surface area contributed by atoms with Crippen molar-refractivity contribution in [1.82, 2.24) is 5.43 Å². The van der Waals surface area contributed by atoms with Gasteiger partial charge in [-0.3, -0.25) is 11.3 Å². The van der Waals surface area contributed by atoms with Crippen LogP contribution < -0.4 is 16.0 Å². The van der Waals surface area contributed by atoms with E-state index in [-0.39, 0.29) is 12.1 Å². The lowest BCUT2D eigenvalue weighted by Gasteiger charge is -2.24. The largest absolute Gasteiger partial charge is 0.491 e. The lowest BCUT2D eigenvalue weighted by molar-refractivity contribution is 0.116. The number of rotatable bonds is 7. The van der Waals surface area contributed by atoms with Gasteiger partial charge in [0.25, 0.3) is 0 Å². The summed E-state index contributed by atoms with van der Waals surface area (Å²) in [7, 11) is 1.66. The first-order valence-corrected chi connectivity index (χ1v) is 7.04. The standard InChI is InChI=1S/C15H24N2O3/c1-11-9-12(10-20-11)15(17-16)13-5-3-4-6-14(13)19-8-7-18-2/h3-6,11-12,15,17H,7-10,16H2,1-2H3. The lowest BCUT2D eigenvalue weighted by atomic mass is 9.91. The molecule has 1 aliphatic heterocycles. The van der Waals surface area contributed by atoms with Crippen molar-refractivity contribution in [3.63, 3.8) is 0 Å². The average Bonchev–Trinajstić information content (AvgIpc) is 2.88. The minimum absolute atomic E-state index is 0.0405. The van der Waals surface area contributed by atoms with E-state index < -0.39 is 0 Å². The number of para-hydroxylation sites is 1. The smallest absolute Gasteiger partial charge is 0.124 e. The summed E-state index contributed by atoms with van der Waals surface area (Å²) in [6, 6.07) is 8.03. The molecule has 112 valence electrons. The van der Waals surface area contributed by atoms with E-state index in [0.29, 0.717) is 19.1 Å². The van der Waals surface area contributed by atoms with Crippen LogP contribution in [0.4, 0.5) is 0 Å². The van der Waals surface area contributed by atoms with Gasteiger partial charge in [0, 0.05) is 18.6 Å². The summed E-state index contributed by atoms with van der Waals surface area (Å²) in [4.78, 5) is 0. The van der Waals surface area contributed by atoms with Gasteiger partial charge in [-0.25, -0.2) is 0 Å². The third-order valence-electron chi connectivity index (χ3n) is 3.68. The normalized spacial score (nSPS) is 23.8. The molecule has 5 nitrogen and oxygen atoms in total. The molecule has 3 atom stereocenters. The zero-order chi connectivity index (χ0) is 14.4. The Bertz CT molecular complexity index is 414. The molecule has 0 saturated carbocycles. The Morgan fingerprint density at radius 2 is 2.20 bits per heavy atom. The monoisotopic (exact) mass is 280 g/mol.